The zero-order valence-corrected chi connectivity index (χ0v) is 10.4. The second-order valence-electron chi connectivity index (χ2n) is 2.90. The third-order valence-corrected chi connectivity index (χ3v) is 3.71. The first-order valence-electron chi connectivity index (χ1n) is 4.06. The van der Waals surface area contributed by atoms with Gasteiger partial charge in [-0.1, -0.05) is 0 Å². The fourth-order valence-corrected chi connectivity index (χ4v) is 2.60. The summed E-state index contributed by atoms with van der Waals surface area (Å²) in [5.74, 6) is 0. The van der Waals surface area contributed by atoms with Crippen LogP contribution in [-0.4, -0.2) is 34.7 Å². The zero-order chi connectivity index (χ0) is 10.7. The summed E-state index contributed by atoms with van der Waals surface area (Å²) in [5.41, 5.74) is 0. The van der Waals surface area contributed by atoms with Crippen molar-refractivity contribution in [1.29, 1.82) is 0 Å². The van der Waals surface area contributed by atoms with Crippen molar-refractivity contribution in [1.82, 2.24) is 9.88 Å². The predicted molar refractivity (Wildman–Crippen MR) is 58.9 cm³/mol. The van der Waals surface area contributed by atoms with Gasteiger partial charge in [-0.25, -0.2) is 9.78 Å². The molecule has 0 unspecified atom stereocenters. The summed E-state index contributed by atoms with van der Waals surface area (Å²) >= 11 is 4.93. The van der Waals surface area contributed by atoms with Gasteiger partial charge in [-0.2, -0.15) is 0 Å². The van der Waals surface area contributed by atoms with E-state index in [0.29, 0.717) is 13.0 Å². The van der Waals surface area contributed by atoms with Gasteiger partial charge in [0, 0.05) is 24.9 Å². The van der Waals surface area contributed by atoms with Crippen LogP contribution in [-0.2, 0) is 6.42 Å². The number of amides is 1. The lowest BCUT2D eigenvalue weighted by atomic mass is 10.3. The molecule has 0 aliphatic rings. The molecule has 1 aromatic heterocycles. The number of thiazole rings is 1. The van der Waals surface area contributed by atoms with Gasteiger partial charge in [0.15, 0.2) is 0 Å². The zero-order valence-electron chi connectivity index (χ0n) is 7.95. The predicted octanol–water partition coefficient (Wildman–Crippen LogP) is 2.37. The van der Waals surface area contributed by atoms with Crippen molar-refractivity contribution in [3.05, 3.63) is 14.5 Å². The lowest BCUT2D eigenvalue weighted by Crippen LogP contribution is -2.26. The van der Waals surface area contributed by atoms with Gasteiger partial charge in [0.05, 0.1) is 5.01 Å². The summed E-state index contributed by atoms with van der Waals surface area (Å²) in [4.78, 5) is 17.1. The minimum absolute atomic E-state index is 0.496. The molecule has 1 amide bonds. The molecule has 1 N–H and O–H groups in total. The number of halogens is 1. The Labute approximate surface area is 94.7 Å². The second-order valence-corrected chi connectivity index (χ2v) is 4.94. The molecule has 1 aromatic rings. The summed E-state index contributed by atoms with van der Waals surface area (Å²) in [7, 11) is 1.56. The number of hydrogen-bond acceptors (Lipinski definition) is 3. The average molecular weight is 279 g/mol. The van der Waals surface area contributed by atoms with E-state index in [9.17, 15) is 4.79 Å². The van der Waals surface area contributed by atoms with Crippen LogP contribution in [0.2, 0.25) is 0 Å². The minimum Gasteiger partial charge on any atom is -0.465 e. The van der Waals surface area contributed by atoms with Crippen LogP contribution < -0.4 is 0 Å². The largest absolute Gasteiger partial charge is 0.465 e. The average Bonchev–Trinajstić information content (AvgIpc) is 2.40. The van der Waals surface area contributed by atoms with Crippen LogP contribution in [0.3, 0.4) is 0 Å². The molecule has 0 atom stereocenters. The quantitative estimate of drug-likeness (QED) is 0.924. The first-order valence-corrected chi connectivity index (χ1v) is 5.67. The normalized spacial score (nSPS) is 10.2. The highest BCUT2D eigenvalue weighted by Crippen LogP contribution is 2.23. The maximum atomic E-state index is 10.5. The summed E-state index contributed by atoms with van der Waals surface area (Å²) in [6.07, 6.45) is -0.197. The summed E-state index contributed by atoms with van der Waals surface area (Å²) in [6, 6.07) is 0. The molecular weight excluding hydrogens is 268 g/mol. The molecule has 78 valence electrons. The lowest BCUT2D eigenvalue weighted by molar-refractivity contribution is 0.156. The van der Waals surface area contributed by atoms with E-state index in [0.717, 1.165) is 14.5 Å². The standard InChI is InChI=1S/C8H11BrN2O2S/c1-5-10-7(9)6(14-5)3-4-11(2)8(12)13/h3-4H2,1-2H3,(H,12,13). The SMILES string of the molecule is Cc1nc(Br)c(CCN(C)C(=O)O)s1. The highest BCUT2D eigenvalue weighted by molar-refractivity contribution is 9.10. The van der Waals surface area contributed by atoms with Crippen LogP contribution in [0.5, 0.6) is 0 Å². The maximum Gasteiger partial charge on any atom is 0.407 e. The highest BCUT2D eigenvalue weighted by atomic mass is 79.9. The number of likely N-dealkylation sites (N-methyl/N-ethyl adjacent to an activating group) is 1. The molecule has 14 heavy (non-hydrogen) atoms. The van der Waals surface area contributed by atoms with E-state index >= 15 is 0 Å². The Hall–Kier alpha value is -0.620. The molecule has 1 rings (SSSR count). The summed E-state index contributed by atoms with van der Waals surface area (Å²) < 4.78 is 0.832. The molecule has 1 heterocycles. The van der Waals surface area contributed by atoms with E-state index in [1.807, 2.05) is 6.92 Å². The van der Waals surface area contributed by atoms with E-state index in [2.05, 4.69) is 20.9 Å². The van der Waals surface area contributed by atoms with Crippen molar-refractivity contribution in [2.45, 2.75) is 13.3 Å². The Morgan fingerprint density at radius 1 is 1.71 bits per heavy atom. The molecule has 0 radical (unpaired) electrons. The third kappa shape index (κ3) is 2.95. The number of rotatable bonds is 3. The van der Waals surface area contributed by atoms with Crippen molar-refractivity contribution < 1.29 is 9.90 Å². The summed E-state index contributed by atoms with van der Waals surface area (Å²) in [6.45, 7) is 2.43. The van der Waals surface area contributed by atoms with Crippen LogP contribution >= 0.6 is 27.3 Å². The van der Waals surface area contributed by atoms with Crippen molar-refractivity contribution in [3.63, 3.8) is 0 Å². The first kappa shape index (κ1) is 11.5. The highest BCUT2D eigenvalue weighted by Gasteiger charge is 2.09. The van der Waals surface area contributed by atoms with Gasteiger partial charge in [-0.15, -0.1) is 11.3 Å². The molecule has 4 nitrogen and oxygen atoms in total. The number of carbonyl (C=O) groups is 1. The Morgan fingerprint density at radius 3 is 2.79 bits per heavy atom. The monoisotopic (exact) mass is 278 g/mol. The molecule has 0 aliphatic carbocycles. The van der Waals surface area contributed by atoms with E-state index < -0.39 is 6.09 Å². The smallest absolute Gasteiger partial charge is 0.407 e. The van der Waals surface area contributed by atoms with Crippen LogP contribution in [0.4, 0.5) is 4.79 Å². The van der Waals surface area contributed by atoms with Gasteiger partial charge in [0.25, 0.3) is 0 Å². The van der Waals surface area contributed by atoms with Crippen LogP contribution in [0.15, 0.2) is 4.60 Å². The number of aryl methyl sites for hydroxylation is 1. The van der Waals surface area contributed by atoms with Gasteiger partial charge in [-0.05, 0) is 22.9 Å². The van der Waals surface area contributed by atoms with Gasteiger partial charge < -0.3 is 10.0 Å². The molecule has 0 spiro atoms. The van der Waals surface area contributed by atoms with E-state index in [1.165, 1.54) is 4.90 Å². The van der Waals surface area contributed by atoms with Gasteiger partial charge in [-0.3, -0.25) is 0 Å². The number of carboxylic acid groups (broad SMARTS) is 1. The van der Waals surface area contributed by atoms with Crippen molar-refractivity contribution in [2.24, 2.45) is 0 Å². The molecule has 0 fully saturated rings. The fraction of sp³-hybridized carbons (Fsp3) is 0.500. The van der Waals surface area contributed by atoms with E-state index in [1.54, 1.807) is 18.4 Å². The Morgan fingerprint density at radius 2 is 2.36 bits per heavy atom. The molecule has 0 bridgehead atoms. The topological polar surface area (TPSA) is 53.4 Å². The van der Waals surface area contributed by atoms with Crippen LogP contribution in [0.25, 0.3) is 0 Å². The molecule has 0 saturated carbocycles. The lowest BCUT2D eigenvalue weighted by Gasteiger charge is -2.11. The molecule has 0 aliphatic heterocycles. The Balaban J connectivity index is 2.53. The maximum absolute atomic E-state index is 10.5. The van der Waals surface area contributed by atoms with Gasteiger partial charge in [0.2, 0.25) is 0 Å². The van der Waals surface area contributed by atoms with Gasteiger partial charge in [0.1, 0.15) is 4.60 Å². The molecular formula is C8H11BrN2O2S. The molecule has 0 aromatic carbocycles. The van der Waals surface area contributed by atoms with Crippen LogP contribution in [0.1, 0.15) is 9.88 Å². The van der Waals surface area contributed by atoms with E-state index in [4.69, 9.17) is 5.11 Å². The van der Waals surface area contributed by atoms with Crippen molar-refractivity contribution in [2.75, 3.05) is 13.6 Å². The number of aromatic nitrogens is 1. The Bertz CT molecular complexity index is 340. The number of nitrogens with zero attached hydrogens (tertiary/aromatic N) is 2. The Kier molecular flexibility index (Phi) is 3.88. The van der Waals surface area contributed by atoms with Crippen LogP contribution in [0, 0.1) is 6.92 Å². The first-order chi connectivity index (χ1) is 6.50. The van der Waals surface area contributed by atoms with E-state index in [-0.39, 0.29) is 0 Å². The molecule has 6 heteroatoms. The minimum atomic E-state index is -0.901. The summed E-state index contributed by atoms with van der Waals surface area (Å²) in [5, 5.41) is 9.63. The number of hydrogen-bond donors (Lipinski definition) is 1. The van der Waals surface area contributed by atoms with Gasteiger partial charge >= 0.3 is 6.09 Å². The third-order valence-electron chi connectivity index (χ3n) is 1.76. The fourth-order valence-electron chi connectivity index (χ4n) is 0.963. The second kappa shape index (κ2) is 4.75. The van der Waals surface area contributed by atoms with Crippen molar-refractivity contribution >= 4 is 33.4 Å². The molecule has 0 saturated heterocycles. The van der Waals surface area contributed by atoms with Crippen molar-refractivity contribution in [3.8, 4) is 0 Å².